The van der Waals surface area contributed by atoms with Crippen LogP contribution in [0.1, 0.15) is 47.0 Å². The lowest BCUT2D eigenvalue weighted by Gasteiger charge is -2.32. The monoisotopic (exact) mass is 160 g/mol. The highest BCUT2D eigenvalue weighted by atomic mass is 31.0. The van der Waals surface area contributed by atoms with Gasteiger partial charge in [0.1, 0.15) is 0 Å². The fourth-order valence-corrected chi connectivity index (χ4v) is 1.59. The summed E-state index contributed by atoms with van der Waals surface area (Å²) in [7, 11) is 3.03. The van der Waals surface area contributed by atoms with Gasteiger partial charge >= 0.3 is 0 Å². The Kier molecular flexibility index (Phi) is 4.52. The molecular weight excluding hydrogens is 139 g/mol. The Balaban J connectivity index is 4.02. The van der Waals surface area contributed by atoms with Crippen molar-refractivity contribution in [1.29, 1.82) is 0 Å². The molecule has 0 saturated heterocycles. The Labute approximate surface area is 68.0 Å². The summed E-state index contributed by atoms with van der Waals surface area (Å²) in [6, 6.07) is 0. The van der Waals surface area contributed by atoms with Crippen LogP contribution in [0.5, 0.6) is 0 Å². The van der Waals surface area contributed by atoms with Crippen molar-refractivity contribution in [2.75, 3.05) is 0 Å². The summed E-state index contributed by atoms with van der Waals surface area (Å²) in [5, 5.41) is 0.509. The van der Waals surface area contributed by atoms with E-state index in [2.05, 4.69) is 36.9 Å². The lowest BCUT2D eigenvalue weighted by molar-refractivity contribution is 0.371. The minimum Gasteiger partial charge on any atom is -0.131 e. The highest BCUT2D eigenvalue weighted by Crippen LogP contribution is 2.36. The van der Waals surface area contributed by atoms with Crippen molar-refractivity contribution in [3.8, 4) is 0 Å². The van der Waals surface area contributed by atoms with Gasteiger partial charge in [0, 0.05) is 0 Å². The van der Waals surface area contributed by atoms with E-state index in [-0.39, 0.29) is 0 Å². The average molecular weight is 160 g/mol. The Morgan fingerprint density at radius 3 is 1.70 bits per heavy atom. The van der Waals surface area contributed by atoms with Crippen molar-refractivity contribution >= 4 is 9.24 Å². The molecule has 10 heavy (non-hydrogen) atoms. The molecular formula is C9H21P. The third kappa shape index (κ3) is 2.23. The molecule has 1 heteroatoms. The topological polar surface area (TPSA) is 0 Å². The van der Waals surface area contributed by atoms with E-state index >= 15 is 0 Å². The molecule has 0 aliphatic rings. The molecule has 0 rings (SSSR count). The molecule has 0 nitrogen and oxygen atoms in total. The fourth-order valence-electron chi connectivity index (χ4n) is 1.35. The van der Waals surface area contributed by atoms with E-state index in [0.717, 1.165) is 5.92 Å². The minimum absolute atomic E-state index is 0.509. The molecule has 0 radical (unpaired) electrons. The lowest BCUT2D eigenvalue weighted by Crippen LogP contribution is -2.27. The SMILES string of the molecule is CCC(C)C(P)(CC)CC. The van der Waals surface area contributed by atoms with Crippen molar-refractivity contribution in [2.24, 2.45) is 5.92 Å². The molecule has 2 unspecified atom stereocenters. The smallest absolute Gasteiger partial charge is 0.0130 e. The van der Waals surface area contributed by atoms with Gasteiger partial charge in [-0.25, -0.2) is 0 Å². The van der Waals surface area contributed by atoms with E-state index in [9.17, 15) is 0 Å². The van der Waals surface area contributed by atoms with Crippen LogP contribution in [0.2, 0.25) is 0 Å². The molecule has 0 aromatic heterocycles. The number of hydrogen-bond acceptors (Lipinski definition) is 0. The fraction of sp³-hybridized carbons (Fsp3) is 1.00. The molecule has 0 aliphatic carbocycles. The summed E-state index contributed by atoms with van der Waals surface area (Å²) in [5.41, 5.74) is 0. The number of hydrogen-bond donors (Lipinski definition) is 0. The second-order valence-electron chi connectivity index (χ2n) is 3.25. The Bertz CT molecular complexity index is 84.7. The van der Waals surface area contributed by atoms with Gasteiger partial charge in [-0.2, -0.15) is 0 Å². The number of rotatable bonds is 4. The first kappa shape index (κ1) is 10.4. The Morgan fingerprint density at radius 1 is 1.20 bits per heavy atom. The van der Waals surface area contributed by atoms with Crippen molar-refractivity contribution in [3.63, 3.8) is 0 Å². The molecule has 0 aliphatic heterocycles. The van der Waals surface area contributed by atoms with Gasteiger partial charge in [0.25, 0.3) is 0 Å². The summed E-state index contributed by atoms with van der Waals surface area (Å²) in [6.45, 7) is 9.18. The van der Waals surface area contributed by atoms with E-state index in [4.69, 9.17) is 0 Å². The van der Waals surface area contributed by atoms with Gasteiger partial charge in [0.2, 0.25) is 0 Å². The Hall–Kier alpha value is 0.430. The van der Waals surface area contributed by atoms with Crippen LogP contribution in [-0.4, -0.2) is 5.16 Å². The van der Waals surface area contributed by atoms with E-state index in [1.165, 1.54) is 19.3 Å². The quantitative estimate of drug-likeness (QED) is 0.552. The average Bonchev–Trinajstić information content (AvgIpc) is 2.01. The second kappa shape index (κ2) is 4.34. The zero-order valence-electron chi connectivity index (χ0n) is 7.78. The van der Waals surface area contributed by atoms with Crippen molar-refractivity contribution in [3.05, 3.63) is 0 Å². The molecule has 0 N–H and O–H groups in total. The van der Waals surface area contributed by atoms with Gasteiger partial charge in [-0.15, -0.1) is 9.24 Å². The zero-order valence-corrected chi connectivity index (χ0v) is 8.93. The van der Waals surface area contributed by atoms with Crippen LogP contribution < -0.4 is 0 Å². The highest BCUT2D eigenvalue weighted by Gasteiger charge is 2.25. The first-order valence-electron chi connectivity index (χ1n) is 4.39. The maximum Gasteiger partial charge on any atom is -0.0130 e. The van der Waals surface area contributed by atoms with Crippen LogP contribution in [0.3, 0.4) is 0 Å². The first-order chi connectivity index (χ1) is 4.60. The molecule has 0 saturated carbocycles. The van der Waals surface area contributed by atoms with Gasteiger partial charge in [-0.1, -0.05) is 34.1 Å². The predicted molar refractivity (Wildman–Crippen MR) is 52.5 cm³/mol. The van der Waals surface area contributed by atoms with Gasteiger partial charge in [-0.3, -0.25) is 0 Å². The largest absolute Gasteiger partial charge is 0.131 e. The molecule has 0 aromatic carbocycles. The molecule has 0 aromatic rings. The second-order valence-corrected chi connectivity index (χ2v) is 4.40. The van der Waals surface area contributed by atoms with Gasteiger partial charge in [0.05, 0.1) is 0 Å². The standard InChI is InChI=1S/C9H21P/c1-5-8(4)9(10,6-2)7-3/h8H,5-7,10H2,1-4H3. The van der Waals surface area contributed by atoms with Crippen molar-refractivity contribution < 1.29 is 0 Å². The summed E-state index contributed by atoms with van der Waals surface area (Å²) in [6.07, 6.45) is 3.86. The molecule has 0 spiro atoms. The maximum atomic E-state index is 3.03. The predicted octanol–water partition coefficient (Wildman–Crippen LogP) is 3.47. The van der Waals surface area contributed by atoms with Crippen LogP contribution >= 0.6 is 9.24 Å². The third-order valence-electron chi connectivity index (χ3n) is 2.91. The lowest BCUT2D eigenvalue weighted by atomic mass is 9.86. The maximum absolute atomic E-state index is 3.03. The van der Waals surface area contributed by atoms with Gasteiger partial charge in [0.15, 0.2) is 0 Å². The molecule has 0 bridgehead atoms. The molecule has 0 amide bonds. The van der Waals surface area contributed by atoms with Crippen LogP contribution in [0.25, 0.3) is 0 Å². The highest BCUT2D eigenvalue weighted by molar-refractivity contribution is 7.19. The molecule has 0 fully saturated rings. The molecule has 2 atom stereocenters. The van der Waals surface area contributed by atoms with E-state index in [0.29, 0.717) is 5.16 Å². The van der Waals surface area contributed by atoms with Crippen LogP contribution in [0.4, 0.5) is 0 Å². The van der Waals surface area contributed by atoms with Crippen molar-refractivity contribution in [1.82, 2.24) is 0 Å². The van der Waals surface area contributed by atoms with Gasteiger partial charge in [-0.05, 0) is 23.9 Å². The van der Waals surface area contributed by atoms with E-state index in [1.54, 1.807) is 0 Å². The van der Waals surface area contributed by atoms with Gasteiger partial charge < -0.3 is 0 Å². The third-order valence-corrected chi connectivity index (χ3v) is 4.30. The Morgan fingerprint density at radius 2 is 1.60 bits per heavy atom. The summed E-state index contributed by atoms with van der Waals surface area (Å²) in [4.78, 5) is 0. The van der Waals surface area contributed by atoms with E-state index < -0.39 is 0 Å². The summed E-state index contributed by atoms with van der Waals surface area (Å²) in [5.74, 6) is 0.840. The van der Waals surface area contributed by atoms with Crippen LogP contribution in [0, 0.1) is 5.92 Å². The molecule has 62 valence electrons. The minimum atomic E-state index is 0.509. The van der Waals surface area contributed by atoms with Crippen LogP contribution in [0.15, 0.2) is 0 Å². The van der Waals surface area contributed by atoms with E-state index in [1.807, 2.05) is 0 Å². The summed E-state index contributed by atoms with van der Waals surface area (Å²) < 4.78 is 0. The van der Waals surface area contributed by atoms with Crippen molar-refractivity contribution in [2.45, 2.75) is 52.1 Å². The normalized spacial score (nSPS) is 15.3. The van der Waals surface area contributed by atoms with Crippen LogP contribution in [-0.2, 0) is 0 Å². The first-order valence-corrected chi connectivity index (χ1v) is 4.97. The molecule has 0 heterocycles. The zero-order chi connectivity index (χ0) is 8.20. The summed E-state index contributed by atoms with van der Waals surface area (Å²) >= 11 is 0.